The van der Waals surface area contributed by atoms with Crippen molar-refractivity contribution in [3.63, 3.8) is 0 Å². The van der Waals surface area contributed by atoms with Gasteiger partial charge in [-0.25, -0.2) is 4.39 Å². The van der Waals surface area contributed by atoms with Crippen molar-refractivity contribution in [1.82, 2.24) is 0 Å². The summed E-state index contributed by atoms with van der Waals surface area (Å²) < 4.78 is 23.5. The van der Waals surface area contributed by atoms with Gasteiger partial charge < -0.3 is 14.8 Å². The maximum atomic E-state index is 13.4. The predicted octanol–water partition coefficient (Wildman–Crippen LogP) is 2.85. The Morgan fingerprint density at radius 1 is 1.20 bits per heavy atom. The molecule has 0 aromatic heterocycles. The summed E-state index contributed by atoms with van der Waals surface area (Å²) in [5, 5.41) is 2.54. The van der Waals surface area contributed by atoms with Crippen molar-refractivity contribution in [2.75, 3.05) is 19.0 Å². The fourth-order valence-corrected chi connectivity index (χ4v) is 1.61. The SMILES string of the molecule is COc1ccc(NC(=O)COc2ccccc2)cc1F. The standard InChI is InChI=1S/C15H14FNO3/c1-19-14-8-7-11(9-13(14)16)17-15(18)10-20-12-5-3-2-4-6-12/h2-9H,10H2,1H3,(H,17,18). The number of hydrogen-bond acceptors (Lipinski definition) is 3. The van der Waals surface area contributed by atoms with Gasteiger partial charge in [0.15, 0.2) is 18.2 Å². The fourth-order valence-electron chi connectivity index (χ4n) is 1.61. The average Bonchev–Trinajstić information content (AvgIpc) is 2.46. The van der Waals surface area contributed by atoms with Crippen molar-refractivity contribution in [1.29, 1.82) is 0 Å². The second-order valence-electron chi connectivity index (χ2n) is 4.00. The van der Waals surface area contributed by atoms with Crippen molar-refractivity contribution >= 4 is 11.6 Å². The van der Waals surface area contributed by atoms with Gasteiger partial charge >= 0.3 is 0 Å². The van der Waals surface area contributed by atoms with Gasteiger partial charge in [0.05, 0.1) is 7.11 Å². The molecular weight excluding hydrogens is 261 g/mol. The minimum atomic E-state index is -0.533. The first-order valence-corrected chi connectivity index (χ1v) is 6.00. The molecule has 1 N–H and O–H groups in total. The number of methoxy groups -OCH3 is 1. The van der Waals surface area contributed by atoms with E-state index in [1.54, 1.807) is 18.2 Å². The van der Waals surface area contributed by atoms with Gasteiger partial charge in [-0.1, -0.05) is 18.2 Å². The number of carbonyl (C=O) groups excluding carboxylic acids is 1. The Bertz CT molecular complexity index is 587. The third-order valence-corrected chi connectivity index (χ3v) is 2.55. The highest BCUT2D eigenvalue weighted by molar-refractivity contribution is 5.91. The van der Waals surface area contributed by atoms with Gasteiger partial charge in [0.25, 0.3) is 5.91 Å². The number of nitrogens with one attached hydrogen (secondary N) is 1. The number of para-hydroxylation sites is 1. The molecule has 2 rings (SSSR count). The summed E-state index contributed by atoms with van der Waals surface area (Å²) in [7, 11) is 1.38. The molecule has 2 aromatic carbocycles. The summed E-state index contributed by atoms with van der Waals surface area (Å²) in [6.07, 6.45) is 0. The lowest BCUT2D eigenvalue weighted by atomic mass is 10.3. The van der Waals surface area contributed by atoms with Gasteiger partial charge in [0, 0.05) is 11.8 Å². The summed E-state index contributed by atoms with van der Waals surface area (Å²) in [5.41, 5.74) is 0.352. The number of ether oxygens (including phenoxy) is 2. The zero-order chi connectivity index (χ0) is 14.4. The molecule has 0 unspecified atom stereocenters. The van der Waals surface area contributed by atoms with E-state index in [4.69, 9.17) is 9.47 Å². The molecule has 2 aromatic rings. The summed E-state index contributed by atoms with van der Waals surface area (Å²) in [6.45, 7) is -0.141. The first kappa shape index (κ1) is 13.9. The Kier molecular flexibility index (Phi) is 4.55. The van der Waals surface area contributed by atoms with Gasteiger partial charge in [-0.2, -0.15) is 0 Å². The number of carbonyl (C=O) groups is 1. The van der Waals surface area contributed by atoms with Crippen LogP contribution in [0.4, 0.5) is 10.1 Å². The van der Waals surface area contributed by atoms with E-state index in [2.05, 4.69) is 5.32 Å². The van der Waals surface area contributed by atoms with E-state index in [1.807, 2.05) is 18.2 Å². The molecule has 0 aliphatic heterocycles. The molecule has 0 atom stereocenters. The highest BCUT2D eigenvalue weighted by atomic mass is 19.1. The molecule has 1 amide bonds. The third kappa shape index (κ3) is 3.71. The van der Waals surface area contributed by atoms with E-state index in [1.165, 1.54) is 19.2 Å². The lowest BCUT2D eigenvalue weighted by Crippen LogP contribution is -2.20. The normalized spacial score (nSPS) is 9.90. The number of hydrogen-bond donors (Lipinski definition) is 1. The van der Waals surface area contributed by atoms with E-state index in [-0.39, 0.29) is 18.3 Å². The largest absolute Gasteiger partial charge is 0.494 e. The maximum absolute atomic E-state index is 13.4. The minimum absolute atomic E-state index is 0.128. The zero-order valence-electron chi connectivity index (χ0n) is 10.9. The Labute approximate surface area is 116 Å². The number of benzene rings is 2. The van der Waals surface area contributed by atoms with Crippen LogP contribution >= 0.6 is 0 Å². The summed E-state index contributed by atoms with van der Waals surface area (Å²) in [5.74, 6) is -0.167. The van der Waals surface area contributed by atoms with Crippen LogP contribution in [-0.4, -0.2) is 19.6 Å². The van der Waals surface area contributed by atoms with E-state index in [0.29, 0.717) is 11.4 Å². The van der Waals surface area contributed by atoms with E-state index in [9.17, 15) is 9.18 Å². The summed E-state index contributed by atoms with van der Waals surface area (Å²) in [6, 6.07) is 13.2. The van der Waals surface area contributed by atoms with Crippen LogP contribution in [0.3, 0.4) is 0 Å². The predicted molar refractivity (Wildman–Crippen MR) is 73.5 cm³/mol. The molecule has 0 fully saturated rings. The molecule has 0 saturated heterocycles. The highest BCUT2D eigenvalue weighted by Gasteiger charge is 2.07. The number of rotatable bonds is 5. The third-order valence-electron chi connectivity index (χ3n) is 2.55. The lowest BCUT2D eigenvalue weighted by Gasteiger charge is -2.08. The second kappa shape index (κ2) is 6.56. The topological polar surface area (TPSA) is 47.6 Å². The molecule has 5 heteroatoms. The van der Waals surface area contributed by atoms with Crippen LogP contribution < -0.4 is 14.8 Å². The smallest absolute Gasteiger partial charge is 0.262 e. The molecule has 0 spiro atoms. The van der Waals surface area contributed by atoms with Crippen molar-refractivity contribution < 1.29 is 18.7 Å². The zero-order valence-corrected chi connectivity index (χ0v) is 10.9. The van der Waals surface area contributed by atoms with Crippen molar-refractivity contribution in [3.05, 3.63) is 54.3 Å². The van der Waals surface area contributed by atoms with Gasteiger partial charge in [-0.3, -0.25) is 4.79 Å². The van der Waals surface area contributed by atoms with Crippen LogP contribution in [0.15, 0.2) is 48.5 Å². The first-order chi connectivity index (χ1) is 9.69. The number of anilines is 1. The molecule has 4 nitrogen and oxygen atoms in total. The monoisotopic (exact) mass is 275 g/mol. The molecule has 0 heterocycles. The molecule has 0 radical (unpaired) electrons. The quantitative estimate of drug-likeness (QED) is 0.912. The molecule has 0 aliphatic rings. The van der Waals surface area contributed by atoms with Crippen LogP contribution in [0.1, 0.15) is 0 Å². The van der Waals surface area contributed by atoms with Crippen LogP contribution in [0, 0.1) is 5.82 Å². The summed E-state index contributed by atoms with van der Waals surface area (Å²) >= 11 is 0. The Morgan fingerprint density at radius 2 is 1.95 bits per heavy atom. The van der Waals surface area contributed by atoms with Crippen molar-refractivity contribution in [2.45, 2.75) is 0 Å². The van der Waals surface area contributed by atoms with Gasteiger partial charge in [0.1, 0.15) is 5.75 Å². The number of halogens is 1. The van der Waals surface area contributed by atoms with Gasteiger partial charge in [-0.15, -0.1) is 0 Å². The lowest BCUT2D eigenvalue weighted by molar-refractivity contribution is -0.118. The van der Waals surface area contributed by atoms with Crippen molar-refractivity contribution in [3.8, 4) is 11.5 Å². The van der Waals surface area contributed by atoms with Crippen LogP contribution in [0.25, 0.3) is 0 Å². The molecular formula is C15H14FNO3. The second-order valence-corrected chi connectivity index (χ2v) is 4.00. The molecule has 20 heavy (non-hydrogen) atoms. The van der Waals surface area contributed by atoms with Crippen molar-refractivity contribution in [2.24, 2.45) is 0 Å². The highest BCUT2D eigenvalue weighted by Crippen LogP contribution is 2.20. The molecule has 104 valence electrons. The Morgan fingerprint density at radius 3 is 2.60 bits per heavy atom. The van der Waals surface area contributed by atoms with Gasteiger partial charge in [-0.05, 0) is 24.3 Å². The van der Waals surface area contributed by atoms with Crippen LogP contribution in [0.2, 0.25) is 0 Å². The molecule has 0 saturated carbocycles. The maximum Gasteiger partial charge on any atom is 0.262 e. The number of amides is 1. The van der Waals surface area contributed by atoms with Crippen LogP contribution in [-0.2, 0) is 4.79 Å². The van der Waals surface area contributed by atoms with E-state index >= 15 is 0 Å². The Hall–Kier alpha value is -2.56. The van der Waals surface area contributed by atoms with Gasteiger partial charge in [0.2, 0.25) is 0 Å². The minimum Gasteiger partial charge on any atom is -0.494 e. The van der Waals surface area contributed by atoms with E-state index < -0.39 is 5.82 Å². The molecule has 0 bridgehead atoms. The van der Waals surface area contributed by atoms with E-state index in [0.717, 1.165) is 0 Å². The Balaban J connectivity index is 1.90. The average molecular weight is 275 g/mol. The van der Waals surface area contributed by atoms with Crippen LogP contribution in [0.5, 0.6) is 11.5 Å². The summed E-state index contributed by atoms with van der Waals surface area (Å²) in [4.78, 5) is 11.7. The first-order valence-electron chi connectivity index (χ1n) is 6.00. The fraction of sp³-hybridized carbons (Fsp3) is 0.133. The molecule has 0 aliphatic carbocycles.